The van der Waals surface area contributed by atoms with Gasteiger partial charge >= 0.3 is 0 Å². The first kappa shape index (κ1) is 8.98. The lowest BCUT2D eigenvalue weighted by Gasteiger charge is -2.17. The predicted molar refractivity (Wildman–Crippen MR) is 50.1 cm³/mol. The van der Waals surface area contributed by atoms with Gasteiger partial charge < -0.3 is 0 Å². The molecule has 1 nitrogen and oxygen atoms in total. The number of allylic oxidation sites excluding steroid dienone is 1. The van der Waals surface area contributed by atoms with Gasteiger partial charge in [-0.1, -0.05) is 26.0 Å². The molecule has 64 valence electrons. The second-order valence-electron chi connectivity index (χ2n) is 3.27. The molecule has 0 spiro atoms. The summed E-state index contributed by atoms with van der Waals surface area (Å²) in [7, 11) is -0.645. The van der Waals surface area contributed by atoms with Crippen LogP contribution in [0.25, 0.3) is 0 Å². The molecule has 0 aromatic carbocycles. The van der Waals surface area contributed by atoms with Gasteiger partial charge in [0.05, 0.1) is 5.25 Å². The van der Waals surface area contributed by atoms with Crippen LogP contribution in [0.2, 0.25) is 0 Å². The molecule has 1 aliphatic rings. The maximum Gasteiger partial charge on any atom is 0.0530 e. The Balaban J connectivity index is 2.52. The minimum Gasteiger partial charge on any atom is -0.259 e. The first-order chi connectivity index (χ1) is 5.22. The summed E-state index contributed by atoms with van der Waals surface area (Å²) in [6.45, 7) is 4.05. The third-order valence-corrected chi connectivity index (χ3v) is 3.89. The minimum atomic E-state index is -0.645. The zero-order chi connectivity index (χ0) is 8.27. The second-order valence-corrected chi connectivity index (χ2v) is 5.48. The van der Waals surface area contributed by atoms with Gasteiger partial charge in [0.25, 0.3) is 0 Å². The normalized spacial score (nSPS) is 27.4. The van der Waals surface area contributed by atoms with Crippen LogP contribution in [0.3, 0.4) is 0 Å². The van der Waals surface area contributed by atoms with E-state index in [4.69, 9.17) is 0 Å². The van der Waals surface area contributed by atoms with E-state index in [1.54, 1.807) is 0 Å². The maximum atomic E-state index is 11.6. The van der Waals surface area contributed by atoms with Crippen molar-refractivity contribution in [3.05, 3.63) is 12.2 Å². The SMILES string of the molecule is CC(C)S(=O)C1C=CCCC1. The van der Waals surface area contributed by atoms with Crippen LogP contribution < -0.4 is 0 Å². The summed E-state index contributed by atoms with van der Waals surface area (Å²) in [4.78, 5) is 0. The molecule has 0 aromatic heterocycles. The van der Waals surface area contributed by atoms with Crippen LogP contribution in [-0.4, -0.2) is 14.7 Å². The Bertz CT molecular complexity index is 172. The molecule has 0 heterocycles. The lowest BCUT2D eigenvalue weighted by molar-refractivity contribution is 0.653. The lowest BCUT2D eigenvalue weighted by atomic mass is 10.1. The zero-order valence-electron chi connectivity index (χ0n) is 7.25. The molecule has 0 amide bonds. The largest absolute Gasteiger partial charge is 0.259 e. The van der Waals surface area contributed by atoms with Crippen LogP contribution >= 0.6 is 0 Å². The van der Waals surface area contributed by atoms with E-state index in [2.05, 4.69) is 12.2 Å². The van der Waals surface area contributed by atoms with Gasteiger partial charge in [0, 0.05) is 16.0 Å². The fraction of sp³-hybridized carbons (Fsp3) is 0.778. The number of hydrogen-bond donors (Lipinski definition) is 0. The van der Waals surface area contributed by atoms with Crippen LogP contribution in [0.4, 0.5) is 0 Å². The van der Waals surface area contributed by atoms with Gasteiger partial charge in [0.2, 0.25) is 0 Å². The van der Waals surface area contributed by atoms with Gasteiger partial charge in [0.1, 0.15) is 0 Å². The topological polar surface area (TPSA) is 17.1 Å². The fourth-order valence-electron chi connectivity index (χ4n) is 1.32. The predicted octanol–water partition coefficient (Wildman–Crippen LogP) is 2.25. The lowest BCUT2D eigenvalue weighted by Crippen LogP contribution is -2.21. The molecule has 0 N–H and O–H groups in total. The summed E-state index contributed by atoms with van der Waals surface area (Å²) >= 11 is 0. The Hall–Kier alpha value is -0.110. The highest BCUT2D eigenvalue weighted by molar-refractivity contribution is 7.86. The molecule has 0 radical (unpaired) electrons. The molecule has 0 bridgehead atoms. The monoisotopic (exact) mass is 172 g/mol. The Labute approximate surface area is 71.3 Å². The Morgan fingerprint density at radius 1 is 1.55 bits per heavy atom. The smallest absolute Gasteiger partial charge is 0.0530 e. The Kier molecular flexibility index (Phi) is 3.31. The molecular formula is C9H16OS. The molecule has 2 heteroatoms. The van der Waals surface area contributed by atoms with Gasteiger partial charge in [-0.25, -0.2) is 0 Å². The van der Waals surface area contributed by atoms with Gasteiger partial charge in [-0.05, 0) is 19.3 Å². The quantitative estimate of drug-likeness (QED) is 0.584. The second kappa shape index (κ2) is 4.05. The fourth-order valence-corrected chi connectivity index (χ4v) is 2.69. The number of rotatable bonds is 2. The minimum absolute atomic E-state index is 0.308. The van der Waals surface area contributed by atoms with Crippen molar-refractivity contribution < 1.29 is 4.21 Å². The summed E-state index contributed by atoms with van der Waals surface area (Å²) in [5, 5.41) is 0.645. The average molecular weight is 172 g/mol. The van der Waals surface area contributed by atoms with Gasteiger partial charge in [0.15, 0.2) is 0 Å². The van der Waals surface area contributed by atoms with Gasteiger partial charge in [-0.3, -0.25) is 4.21 Å². The highest BCUT2D eigenvalue weighted by Crippen LogP contribution is 2.17. The van der Waals surface area contributed by atoms with E-state index in [0.717, 1.165) is 6.42 Å². The maximum absolute atomic E-state index is 11.6. The van der Waals surface area contributed by atoms with Crippen LogP contribution in [0.5, 0.6) is 0 Å². The molecule has 0 saturated heterocycles. The van der Waals surface area contributed by atoms with Crippen LogP contribution in [0, 0.1) is 0 Å². The van der Waals surface area contributed by atoms with Crippen molar-refractivity contribution in [1.82, 2.24) is 0 Å². The third-order valence-electron chi connectivity index (χ3n) is 1.97. The summed E-state index contributed by atoms with van der Waals surface area (Å²) < 4.78 is 11.6. The first-order valence-electron chi connectivity index (χ1n) is 4.28. The highest BCUT2D eigenvalue weighted by atomic mass is 32.2. The molecule has 0 fully saturated rings. The molecule has 0 saturated carbocycles. The molecule has 2 unspecified atom stereocenters. The molecular weight excluding hydrogens is 156 g/mol. The highest BCUT2D eigenvalue weighted by Gasteiger charge is 2.17. The Morgan fingerprint density at radius 2 is 2.27 bits per heavy atom. The molecule has 1 rings (SSSR count). The standard InChI is InChI=1S/C9H16OS/c1-8(2)11(10)9-6-4-3-5-7-9/h4,6,8-9H,3,5,7H2,1-2H3. The van der Waals surface area contributed by atoms with Gasteiger partial charge in [-0.15, -0.1) is 0 Å². The van der Waals surface area contributed by atoms with E-state index >= 15 is 0 Å². The molecule has 0 aliphatic heterocycles. The van der Waals surface area contributed by atoms with E-state index in [-0.39, 0.29) is 0 Å². The molecule has 2 atom stereocenters. The van der Waals surface area contributed by atoms with Crippen molar-refractivity contribution in [2.75, 3.05) is 0 Å². The Morgan fingerprint density at radius 3 is 2.73 bits per heavy atom. The average Bonchev–Trinajstić information content (AvgIpc) is 2.05. The van der Waals surface area contributed by atoms with Crippen LogP contribution in [0.15, 0.2) is 12.2 Å². The van der Waals surface area contributed by atoms with Crippen molar-refractivity contribution in [3.63, 3.8) is 0 Å². The van der Waals surface area contributed by atoms with E-state index < -0.39 is 10.8 Å². The van der Waals surface area contributed by atoms with Crippen molar-refractivity contribution in [3.8, 4) is 0 Å². The van der Waals surface area contributed by atoms with Crippen molar-refractivity contribution in [1.29, 1.82) is 0 Å². The van der Waals surface area contributed by atoms with E-state index in [1.165, 1.54) is 12.8 Å². The number of hydrogen-bond acceptors (Lipinski definition) is 1. The molecule has 1 aliphatic carbocycles. The van der Waals surface area contributed by atoms with E-state index in [9.17, 15) is 4.21 Å². The molecule has 11 heavy (non-hydrogen) atoms. The van der Waals surface area contributed by atoms with Crippen molar-refractivity contribution >= 4 is 10.8 Å². The summed E-state index contributed by atoms with van der Waals surface area (Å²) in [5.74, 6) is 0. The van der Waals surface area contributed by atoms with E-state index in [0.29, 0.717) is 10.5 Å². The van der Waals surface area contributed by atoms with Gasteiger partial charge in [-0.2, -0.15) is 0 Å². The van der Waals surface area contributed by atoms with E-state index in [1.807, 2.05) is 13.8 Å². The summed E-state index contributed by atoms with van der Waals surface area (Å²) in [5.41, 5.74) is 0. The summed E-state index contributed by atoms with van der Waals surface area (Å²) in [6.07, 6.45) is 7.78. The van der Waals surface area contributed by atoms with Crippen LogP contribution in [-0.2, 0) is 10.8 Å². The zero-order valence-corrected chi connectivity index (χ0v) is 8.06. The van der Waals surface area contributed by atoms with Crippen molar-refractivity contribution in [2.24, 2.45) is 0 Å². The summed E-state index contributed by atoms with van der Waals surface area (Å²) in [6, 6.07) is 0. The van der Waals surface area contributed by atoms with Crippen molar-refractivity contribution in [2.45, 2.75) is 43.6 Å². The third kappa shape index (κ3) is 2.44. The van der Waals surface area contributed by atoms with Crippen LogP contribution in [0.1, 0.15) is 33.1 Å². The molecule has 0 aromatic rings. The first-order valence-corrected chi connectivity index (χ1v) is 5.55.